The number of nitrogens with one attached hydrogen (secondary N) is 1. The SMILES string of the molecule is CCCCCCCC/C=C\CCCCCCCC(=O)NCCCCCCCCCCCCCCCC.Cl.Cl.Cl. The lowest BCUT2D eigenvalue weighted by molar-refractivity contribution is -0.121. The third-order valence-corrected chi connectivity index (χ3v) is 7.52. The van der Waals surface area contributed by atoms with Gasteiger partial charge < -0.3 is 5.32 Å². The number of halogens is 3. The standard InChI is InChI=1S/C34H67NO.3ClH/c1-3-5-7-9-11-13-15-17-19-20-22-24-26-28-30-32-34(36)35-33-31-29-27-25-23-21-18-16-14-12-10-8-6-4-2;;;/h17,19H,3-16,18,20-33H2,1-2H3,(H,35,36);3*1H/b19-17-;;;. The summed E-state index contributed by atoms with van der Waals surface area (Å²) in [4.78, 5) is 12.0. The molecule has 0 bridgehead atoms. The Labute approximate surface area is 264 Å². The second-order valence-corrected chi connectivity index (χ2v) is 11.3. The average Bonchev–Trinajstić information content (AvgIpc) is 2.88. The van der Waals surface area contributed by atoms with Crippen LogP contribution in [0.2, 0.25) is 0 Å². The molecule has 0 aliphatic carbocycles. The minimum absolute atomic E-state index is 0. The maximum Gasteiger partial charge on any atom is 0.219 e. The number of hydrogen-bond acceptors (Lipinski definition) is 1. The van der Waals surface area contributed by atoms with Gasteiger partial charge in [0.2, 0.25) is 5.91 Å². The highest BCUT2D eigenvalue weighted by molar-refractivity contribution is 5.86. The van der Waals surface area contributed by atoms with Gasteiger partial charge in [-0.2, -0.15) is 0 Å². The van der Waals surface area contributed by atoms with Gasteiger partial charge in [0.1, 0.15) is 0 Å². The Hall–Kier alpha value is 0.0800. The molecule has 39 heavy (non-hydrogen) atoms. The van der Waals surface area contributed by atoms with E-state index < -0.39 is 0 Å². The molecule has 0 rings (SSSR count). The van der Waals surface area contributed by atoms with Crippen LogP contribution in [0.5, 0.6) is 0 Å². The molecule has 0 heterocycles. The molecule has 1 amide bonds. The van der Waals surface area contributed by atoms with Crippen molar-refractivity contribution in [3.63, 3.8) is 0 Å². The number of carbonyl (C=O) groups is 1. The Bertz CT molecular complexity index is 460. The van der Waals surface area contributed by atoms with E-state index in [1.807, 2.05) is 0 Å². The molecule has 0 unspecified atom stereocenters. The van der Waals surface area contributed by atoms with E-state index in [1.165, 1.54) is 161 Å². The first kappa shape index (κ1) is 46.0. The van der Waals surface area contributed by atoms with E-state index in [0.29, 0.717) is 0 Å². The van der Waals surface area contributed by atoms with Gasteiger partial charge in [0, 0.05) is 13.0 Å². The zero-order chi connectivity index (χ0) is 26.2. The van der Waals surface area contributed by atoms with Crippen LogP contribution in [-0.4, -0.2) is 12.5 Å². The lowest BCUT2D eigenvalue weighted by Crippen LogP contribution is -2.23. The lowest BCUT2D eigenvalue weighted by Gasteiger charge is -2.06. The van der Waals surface area contributed by atoms with Crippen LogP contribution in [0.4, 0.5) is 0 Å². The fourth-order valence-corrected chi connectivity index (χ4v) is 4.99. The van der Waals surface area contributed by atoms with Crippen LogP contribution in [0, 0.1) is 0 Å². The van der Waals surface area contributed by atoms with E-state index in [2.05, 4.69) is 31.3 Å². The highest BCUT2D eigenvalue weighted by Gasteiger charge is 2.00. The van der Waals surface area contributed by atoms with Gasteiger partial charge in [0.05, 0.1) is 0 Å². The average molecular weight is 615 g/mol. The second kappa shape index (κ2) is 42.5. The van der Waals surface area contributed by atoms with Crippen LogP contribution in [0.3, 0.4) is 0 Å². The van der Waals surface area contributed by atoms with Crippen molar-refractivity contribution in [1.29, 1.82) is 0 Å². The summed E-state index contributed by atoms with van der Waals surface area (Å²) in [6.07, 6.45) is 41.8. The van der Waals surface area contributed by atoms with Crippen molar-refractivity contribution in [2.45, 2.75) is 194 Å². The molecule has 2 nitrogen and oxygen atoms in total. The Morgan fingerprint density at radius 1 is 0.436 bits per heavy atom. The molecular formula is C34H70Cl3NO. The van der Waals surface area contributed by atoms with Crippen LogP contribution in [0.25, 0.3) is 0 Å². The fourth-order valence-electron chi connectivity index (χ4n) is 4.99. The van der Waals surface area contributed by atoms with Crippen LogP contribution >= 0.6 is 37.2 Å². The summed E-state index contributed by atoms with van der Waals surface area (Å²) in [5.74, 6) is 0.266. The number of amides is 1. The molecule has 1 N–H and O–H groups in total. The van der Waals surface area contributed by atoms with Crippen LogP contribution in [0.1, 0.15) is 194 Å². The van der Waals surface area contributed by atoms with Gasteiger partial charge in [-0.15, -0.1) is 37.2 Å². The van der Waals surface area contributed by atoms with Gasteiger partial charge in [-0.3, -0.25) is 4.79 Å². The van der Waals surface area contributed by atoms with Crippen LogP contribution in [-0.2, 0) is 4.79 Å². The van der Waals surface area contributed by atoms with Crippen molar-refractivity contribution >= 4 is 43.1 Å². The van der Waals surface area contributed by atoms with Crippen molar-refractivity contribution in [3.8, 4) is 0 Å². The summed E-state index contributed by atoms with van der Waals surface area (Å²) < 4.78 is 0. The predicted molar refractivity (Wildman–Crippen MR) is 185 cm³/mol. The molecule has 0 fully saturated rings. The number of unbranched alkanes of at least 4 members (excludes halogenated alkanes) is 24. The number of allylic oxidation sites excluding steroid dienone is 2. The van der Waals surface area contributed by atoms with Gasteiger partial charge >= 0.3 is 0 Å². The van der Waals surface area contributed by atoms with Gasteiger partial charge in [0.15, 0.2) is 0 Å². The minimum atomic E-state index is 0. The third kappa shape index (κ3) is 42.7. The molecule has 5 heteroatoms. The summed E-state index contributed by atoms with van der Waals surface area (Å²) in [5.41, 5.74) is 0. The zero-order valence-corrected chi connectivity index (χ0v) is 28.7. The molecule has 0 saturated heterocycles. The second-order valence-electron chi connectivity index (χ2n) is 11.3. The molecular weight excluding hydrogens is 545 g/mol. The summed E-state index contributed by atoms with van der Waals surface area (Å²) in [5, 5.41) is 3.13. The molecule has 0 aromatic heterocycles. The van der Waals surface area contributed by atoms with Crippen molar-refractivity contribution in [1.82, 2.24) is 5.32 Å². The van der Waals surface area contributed by atoms with E-state index in [0.717, 1.165) is 25.8 Å². The Morgan fingerprint density at radius 2 is 0.744 bits per heavy atom. The third-order valence-electron chi connectivity index (χ3n) is 7.52. The Kier molecular flexibility index (Phi) is 50.2. The largest absolute Gasteiger partial charge is 0.356 e. The van der Waals surface area contributed by atoms with Crippen molar-refractivity contribution < 1.29 is 4.79 Å². The van der Waals surface area contributed by atoms with Gasteiger partial charge in [-0.05, 0) is 38.5 Å². The fraction of sp³-hybridized carbons (Fsp3) is 0.912. The van der Waals surface area contributed by atoms with E-state index in [4.69, 9.17) is 0 Å². The van der Waals surface area contributed by atoms with E-state index in [-0.39, 0.29) is 43.1 Å². The molecule has 0 spiro atoms. The highest BCUT2D eigenvalue weighted by atomic mass is 35.5. The Morgan fingerprint density at radius 3 is 1.13 bits per heavy atom. The monoisotopic (exact) mass is 613 g/mol. The lowest BCUT2D eigenvalue weighted by atomic mass is 10.0. The maximum atomic E-state index is 12.0. The first-order valence-electron chi connectivity index (χ1n) is 16.7. The molecule has 0 radical (unpaired) electrons. The molecule has 0 aliphatic heterocycles. The predicted octanol–water partition coefficient (Wildman–Crippen LogP) is 12.9. The smallest absolute Gasteiger partial charge is 0.219 e. The van der Waals surface area contributed by atoms with E-state index in [1.54, 1.807) is 0 Å². The molecule has 0 aromatic rings. The quantitative estimate of drug-likeness (QED) is 0.0632. The van der Waals surface area contributed by atoms with Gasteiger partial charge in [-0.25, -0.2) is 0 Å². The molecule has 0 aromatic carbocycles. The maximum absolute atomic E-state index is 12.0. The first-order chi connectivity index (χ1) is 17.8. The number of carbonyl (C=O) groups excluding carboxylic acids is 1. The molecule has 238 valence electrons. The summed E-state index contributed by atoms with van der Waals surface area (Å²) >= 11 is 0. The van der Waals surface area contributed by atoms with E-state index >= 15 is 0 Å². The van der Waals surface area contributed by atoms with E-state index in [9.17, 15) is 4.79 Å². The summed E-state index contributed by atoms with van der Waals surface area (Å²) in [6, 6.07) is 0. The van der Waals surface area contributed by atoms with Gasteiger partial charge in [0.25, 0.3) is 0 Å². The molecule has 0 saturated carbocycles. The topological polar surface area (TPSA) is 29.1 Å². The highest BCUT2D eigenvalue weighted by Crippen LogP contribution is 2.13. The first-order valence-corrected chi connectivity index (χ1v) is 16.7. The van der Waals surface area contributed by atoms with Gasteiger partial charge in [-0.1, -0.05) is 161 Å². The molecule has 0 aliphatic rings. The van der Waals surface area contributed by atoms with Crippen LogP contribution < -0.4 is 5.32 Å². The zero-order valence-electron chi connectivity index (χ0n) is 26.3. The normalized spacial score (nSPS) is 10.6. The Balaban J connectivity index is -0.00000204. The number of rotatable bonds is 30. The van der Waals surface area contributed by atoms with Crippen molar-refractivity contribution in [2.75, 3.05) is 6.54 Å². The minimum Gasteiger partial charge on any atom is -0.356 e. The van der Waals surface area contributed by atoms with Crippen molar-refractivity contribution in [3.05, 3.63) is 12.2 Å². The molecule has 0 atom stereocenters. The summed E-state index contributed by atoms with van der Waals surface area (Å²) in [6.45, 7) is 5.45. The van der Waals surface area contributed by atoms with Crippen LogP contribution in [0.15, 0.2) is 12.2 Å². The number of hydrogen-bond donors (Lipinski definition) is 1. The summed E-state index contributed by atoms with van der Waals surface area (Å²) in [7, 11) is 0. The van der Waals surface area contributed by atoms with Crippen molar-refractivity contribution in [2.24, 2.45) is 0 Å².